The van der Waals surface area contributed by atoms with Gasteiger partial charge < -0.3 is 9.52 Å². The fraction of sp³-hybridized carbons (Fsp3) is 0.414. The van der Waals surface area contributed by atoms with Gasteiger partial charge in [0.05, 0.1) is 6.26 Å². The lowest BCUT2D eigenvalue weighted by molar-refractivity contribution is 0.0966. The van der Waals surface area contributed by atoms with E-state index in [4.69, 9.17) is 9.52 Å². The van der Waals surface area contributed by atoms with Gasteiger partial charge in [0.1, 0.15) is 5.82 Å². The number of halogens is 1. The van der Waals surface area contributed by atoms with Gasteiger partial charge in [-0.1, -0.05) is 75.6 Å². The summed E-state index contributed by atoms with van der Waals surface area (Å²) in [6, 6.07) is 17.8. The Bertz CT molecular complexity index is 862. The fourth-order valence-electron chi connectivity index (χ4n) is 3.28. The Labute approximate surface area is 198 Å². The quantitative estimate of drug-likeness (QED) is 0.339. The van der Waals surface area contributed by atoms with Gasteiger partial charge in [0.25, 0.3) is 0 Å². The molecular weight excluding hydrogens is 415 g/mol. The second-order valence-electron chi connectivity index (χ2n) is 8.17. The molecule has 3 rings (SSSR count). The van der Waals surface area contributed by atoms with Crippen molar-refractivity contribution in [2.75, 3.05) is 6.61 Å². The molecule has 33 heavy (non-hydrogen) atoms. The highest BCUT2D eigenvalue weighted by Gasteiger charge is 2.09. The van der Waals surface area contributed by atoms with Crippen LogP contribution in [0.25, 0.3) is 0 Å². The minimum atomic E-state index is -0.302. The second-order valence-corrected chi connectivity index (χ2v) is 8.17. The normalized spacial score (nSPS) is 10.2. The molecule has 1 aromatic heterocycles. The van der Waals surface area contributed by atoms with Crippen LogP contribution in [0.4, 0.5) is 4.39 Å². The van der Waals surface area contributed by atoms with Crippen molar-refractivity contribution in [3.63, 3.8) is 0 Å². The molecule has 1 heterocycles. The number of benzene rings is 2. The average molecular weight is 455 g/mol. The summed E-state index contributed by atoms with van der Waals surface area (Å²) in [5, 5.41) is 8.79. The van der Waals surface area contributed by atoms with Crippen LogP contribution in [0.5, 0.6) is 0 Å². The topological polar surface area (TPSA) is 50.4 Å². The highest BCUT2D eigenvalue weighted by atomic mass is 19.1. The average Bonchev–Trinajstić information content (AvgIpc) is 3.37. The van der Waals surface area contributed by atoms with E-state index in [0.29, 0.717) is 18.3 Å². The van der Waals surface area contributed by atoms with Gasteiger partial charge in [-0.2, -0.15) is 0 Å². The molecule has 4 heteroatoms. The van der Waals surface area contributed by atoms with E-state index in [2.05, 4.69) is 52.0 Å². The Kier molecular flexibility index (Phi) is 14.5. The summed E-state index contributed by atoms with van der Waals surface area (Å²) in [4.78, 5) is 11.6. The molecule has 0 unspecified atom stereocenters. The van der Waals surface area contributed by atoms with E-state index in [1.54, 1.807) is 24.3 Å². The minimum Gasteiger partial charge on any atom is -0.461 e. The van der Waals surface area contributed by atoms with E-state index in [-0.39, 0.29) is 18.0 Å². The molecule has 0 atom stereocenters. The van der Waals surface area contributed by atoms with Crippen molar-refractivity contribution in [2.24, 2.45) is 5.92 Å². The number of hydrogen-bond donors (Lipinski definition) is 1. The van der Waals surface area contributed by atoms with Gasteiger partial charge in [0, 0.05) is 13.0 Å². The Balaban J connectivity index is 0.000000264. The maximum atomic E-state index is 12.6. The number of Topliss-reactive ketones (excluding diaryl/α,β-unsaturated/α-hetero) is 1. The molecule has 0 aliphatic carbocycles. The molecule has 2 aromatic carbocycles. The van der Waals surface area contributed by atoms with Crippen LogP contribution in [-0.4, -0.2) is 17.5 Å². The summed E-state index contributed by atoms with van der Waals surface area (Å²) in [6.07, 6.45) is 7.59. The molecule has 0 radical (unpaired) electrons. The molecule has 180 valence electrons. The third-order valence-corrected chi connectivity index (χ3v) is 5.25. The third kappa shape index (κ3) is 12.2. The summed E-state index contributed by atoms with van der Waals surface area (Å²) in [6.45, 7) is 8.99. The summed E-state index contributed by atoms with van der Waals surface area (Å²) in [5.74, 6) is 0.495. The summed E-state index contributed by atoms with van der Waals surface area (Å²) < 4.78 is 17.6. The van der Waals surface area contributed by atoms with E-state index >= 15 is 0 Å². The first-order valence-corrected chi connectivity index (χ1v) is 11.9. The van der Waals surface area contributed by atoms with Crippen molar-refractivity contribution in [1.82, 2.24) is 0 Å². The summed E-state index contributed by atoms with van der Waals surface area (Å²) in [5.41, 5.74) is 3.53. The van der Waals surface area contributed by atoms with Crippen molar-refractivity contribution in [3.05, 3.63) is 95.2 Å². The van der Waals surface area contributed by atoms with Crippen molar-refractivity contribution >= 4 is 5.78 Å². The zero-order valence-corrected chi connectivity index (χ0v) is 20.5. The number of carbonyl (C=O) groups excluding carboxylic acids is 1. The second kappa shape index (κ2) is 16.8. The van der Waals surface area contributed by atoms with Crippen molar-refractivity contribution in [3.8, 4) is 0 Å². The fourth-order valence-corrected chi connectivity index (χ4v) is 3.28. The van der Waals surface area contributed by atoms with E-state index in [9.17, 15) is 9.18 Å². The Morgan fingerprint density at radius 1 is 0.909 bits per heavy atom. The van der Waals surface area contributed by atoms with Gasteiger partial charge in [-0.05, 0) is 67.5 Å². The van der Waals surface area contributed by atoms with Crippen molar-refractivity contribution in [1.29, 1.82) is 0 Å². The van der Waals surface area contributed by atoms with Crippen LogP contribution in [0.2, 0.25) is 0 Å². The molecule has 0 saturated heterocycles. The van der Waals surface area contributed by atoms with Crippen LogP contribution in [0.3, 0.4) is 0 Å². The molecule has 0 aliphatic rings. The first kappa shape index (κ1) is 28.3. The van der Waals surface area contributed by atoms with Crippen LogP contribution in [0, 0.1) is 18.7 Å². The molecule has 0 aliphatic heterocycles. The predicted octanol–water partition coefficient (Wildman–Crippen LogP) is 7.60. The molecular formula is C29H39FO3. The molecule has 3 nitrogen and oxygen atoms in total. The summed E-state index contributed by atoms with van der Waals surface area (Å²) >= 11 is 0. The van der Waals surface area contributed by atoms with Crippen LogP contribution < -0.4 is 0 Å². The summed E-state index contributed by atoms with van der Waals surface area (Å²) in [7, 11) is 0. The largest absolute Gasteiger partial charge is 0.461 e. The number of aliphatic hydroxyl groups excluding tert-OH is 1. The smallest absolute Gasteiger partial charge is 0.202 e. The third-order valence-electron chi connectivity index (χ3n) is 5.25. The maximum Gasteiger partial charge on any atom is 0.202 e. The van der Waals surface area contributed by atoms with Gasteiger partial charge in [-0.15, -0.1) is 0 Å². The number of hydrogen-bond acceptors (Lipinski definition) is 3. The van der Waals surface area contributed by atoms with Crippen LogP contribution >= 0.6 is 0 Å². The standard InChI is InChI=1S/C12H9FO2.C9H12.C8H18O/c13-10-5-3-9(4-6-10)8-11(14)12-2-1-7-15-12;1-3-9-6-4-8(2)5-7-9;1-3-5-8(7-9)6-4-2/h1-7H,8H2;4-7H,3H2,1-2H3;8-9H,3-7H2,1-2H3. The van der Waals surface area contributed by atoms with Gasteiger partial charge >= 0.3 is 0 Å². The minimum absolute atomic E-state index is 0.105. The monoisotopic (exact) mass is 454 g/mol. The van der Waals surface area contributed by atoms with E-state index < -0.39 is 0 Å². The number of aryl methyl sites for hydroxylation is 2. The number of ketones is 1. The zero-order valence-electron chi connectivity index (χ0n) is 20.5. The molecule has 3 aromatic rings. The highest BCUT2D eigenvalue weighted by Crippen LogP contribution is 2.11. The first-order valence-electron chi connectivity index (χ1n) is 11.9. The lowest BCUT2D eigenvalue weighted by Crippen LogP contribution is -2.04. The number of carbonyl (C=O) groups is 1. The number of rotatable bonds is 9. The van der Waals surface area contributed by atoms with Gasteiger partial charge in [0.2, 0.25) is 5.78 Å². The maximum absolute atomic E-state index is 12.6. The molecule has 0 bridgehead atoms. The molecule has 1 N–H and O–H groups in total. The van der Waals surface area contributed by atoms with Gasteiger partial charge in [0.15, 0.2) is 5.76 Å². The van der Waals surface area contributed by atoms with E-state index in [0.717, 1.165) is 12.0 Å². The van der Waals surface area contributed by atoms with Crippen molar-refractivity contribution in [2.45, 2.75) is 66.2 Å². The zero-order chi connectivity index (χ0) is 24.5. The van der Waals surface area contributed by atoms with Crippen molar-refractivity contribution < 1.29 is 18.7 Å². The molecule has 0 spiro atoms. The van der Waals surface area contributed by atoms with E-state index in [1.165, 1.54) is 55.2 Å². The lowest BCUT2D eigenvalue weighted by Gasteiger charge is -2.09. The number of aliphatic hydroxyl groups is 1. The molecule has 0 fully saturated rings. The number of furan rings is 1. The van der Waals surface area contributed by atoms with Crippen LogP contribution in [0.1, 0.15) is 73.7 Å². The Hall–Kier alpha value is -2.72. The van der Waals surface area contributed by atoms with Crippen LogP contribution in [0.15, 0.2) is 71.3 Å². The SMILES string of the molecule is CCCC(CO)CCC.CCc1ccc(C)cc1.O=C(Cc1ccc(F)cc1)c1ccco1. The Morgan fingerprint density at radius 2 is 1.48 bits per heavy atom. The lowest BCUT2D eigenvalue weighted by atomic mass is 10.00. The molecule has 0 amide bonds. The Morgan fingerprint density at radius 3 is 1.94 bits per heavy atom. The van der Waals surface area contributed by atoms with E-state index in [1.807, 2.05) is 0 Å². The van der Waals surface area contributed by atoms with Gasteiger partial charge in [-0.25, -0.2) is 4.39 Å². The highest BCUT2D eigenvalue weighted by molar-refractivity contribution is 5.94. The van der Waals surface area contributed by atoms with Crippen LogP contribution in [-0.2, 0) is 12.8 Å². The molecule has 0 saturated carbocycles. The first-order chi connectivity index (χ1) is 15.9. The van der Waals surface area contributed by atoms with Gasteiger partial charge in [-0.3, -0.25) is 4.79 Å². The predicted molar refractivity (Wildman–Crippen MR) is 134 cm³/mol.